The summed E-state index contributed by atoms with van der Waals surface area (Å²) in [5.74, 6) is 0.0206. The molecule has 0 aromatic carbocycles. The van der Waals surface area contributed by atoms with Crippen LogP contribution in [0.25, 0.3) is 0 Å². The van der Waals surface area contributed by atoms with Crippen LogP contribution in [0.5, 0.6) is 0 Å². The Labute approximate surface area is 110 Å². The van der Waals surface area contributed by atoms with Gasteiger partial charge in [-0.3, -0.25) is 4.79 Å². The lowest BCUT2D eigenvalue weighted by molar-refractivity contribution is 0.0607. The van der Waals surface area contributed by atoms with Crippen LogP contribution in [0.2, 0.25) is 0 Å². The summed E-state index contributed by atoms with van der Waals surface area (Å²) in [6, 6.07) is 1.98. The molecule has 0 aliphatic rings. The van der Waals surface area contributed by atoms with Crippen LogP contribution in [0.15, 0.2) is 12.3 Å². The second-order valence-electron chi connectivity index (χ2n) is 5.69. The lowest BCUT2D eigenvalue weighted by Crippen LogP contribution is -2.45. The second kappa shape index (κ2) is 5.04. The third kappa shape index (κ3) is 2.68. The van der Waals surface area contributed by atoms with E-state index in [2.05, 4.69) is 20.8 Å². The molecule has 0 unspecified atom stereocenters. The summed E-state index contributed by atoms with van der Waals surface area (Å²) in [4.78, 5) is 14.3. The van der Waals surface area contributed by atoms with Gasteiger partial charge in [-0.25, -0.2) is 0 Å². The molecule has 0 saturated carbocycles. The Hall–Kier alpha value is -1.45. The van der Waals surface area contributed by atoms with Crippen molar-refractivity contribution in [3.05, 3.63) is 18.0 Å². The average molecular weight is 251 g/mol. The Morgan fingerprint density at radius 3 is 2.50 bits per heavy atom. The van der Waals surface area contributed by atoms with Crippen molar-refractivity contribution in [2.24, 2.45) is 0 Å². The van der Waals surface area contributed by atoms with Gasteiger partial charge in [-0.15, -0.1) is 0 Å². The summed E-state index contributed by atoms with van der Waals surface area (Å²) in [5, 5.41) is 0. The molecule has 0 aliphatic carbocycles. The first-order chi connectivity index (χ1) is 8.20. The maximum atomic E-state index is 12.5. The minimum atomic E-state index is -0.155. The fourth-order valence-electron chi connectivity index (χ4n) is 1.78. The Morgan fingerprint density at radius 1 is 1.50 bits per heavy atom. The molecule has 0 atom stereocenters. The summed E-state index contributed by atoms with van der Waals surface area (Å²) in [7, 11) is 1.85. The van der Waals surface area contributed by atoms with Crippen molar-refractivity contribution in [3.63, 3.8) is 0 Å². The first kappa shape index (κ1) is 14.6. The fraction of sp³-hybridized carbons (Fsp3) is 0.643. The number of rotatable bonds is 4. The topological polar surface area (TPSA) is 51.3 Å². The molecule has 1 amide bonds. The van der Waals surface area contributed by atoms with Crippen molar-refractivity contribution in [3.8, 4) is 0 Å². The number of nitrogens with zero attached hydrogens (tertiary/aromatic N) is 2. The van der Waals surface area contributed by atoms with E-state index in [9.17, 15) is 4.79 Å². The van der Waals surface area contributed by atoms with E-state index in [1.54, 1.807) is 11.0 Å². The number of hydrogen-bond donors (Lipinski definition) is 1. The summed E-state index contributed by atoms with van der Waals surface area (Å²) in [6.45, 7) is 10.3. The van der Waals surface area contributed by atoms with E-state index in [0.29, 0.717) is 11.4 Å². The van der Waals surface area contributed by atoms with Crippen molar-refractivity contribution < 1.29 is 4.79 Å². The van der Waals surface area contributed by atoms with Gasteiger partial charge in [0.1, 0.15) is 5.69 Å². The Balaban J connectivity index is 3.11. The van der Waals surface area contributed by atoms with Crippen LogP contribution in [-0.4, -0.2) is 28.0 Å². The Bertz CT molecular complexity index is 432. The molecule has 0 radical (unpaired) electrons. The average Bonchev–Trinajstić information content (AvgIpc) is 2.69. The van der Waals surface area contributed by atoms with E-state index < -0.39 is 0 Å². The van der Waals surface area contributed by atoms with Crippen LogP contribution in [0.4, 0.5) is 5.69 Å². The normalized spacial score (nSPS) is 11.9. The number of hydrogen-bond acceptors (Lipinski definition) is 2. The third-order valence-electron chi connectivity index (χ3n) is 3.72. The molecule has 4 nitrogen and oxygen atoms in total. The summed E-state index contributed by atoms with van der Waals surface area (Å²) >= 11 is 0. The van der Waals surface area contributed by atoms with Crippen LogP contribution in [0.3, 0.4) is 0 Å². The fourth-order valence-corrected chi connectivity index (χ4v) is 1.78. The van der Waals surface area contributed by atoms with Gasteiger partial charge >= 0.3 is 0 Å². The molecule has 2 N–H and O–H groups in total. The van der Waals surface area contributed by atoms with Gasteiger partial charge in [0.25, 0.3) is 5.91 Å². The number of aromatic nitrogens is 1. The number of nitrogens with two attached hydrogens (primary N) is 1. The lowest BCUT2D eigenvalue weighted by atomic mass is 9.99. The maximum absolute atomic E-state index is 12.5. The molecule has 18 heavy (non-hydrogen) atoms. The summed E-state index contributed by atoms with van der Waals surface area (Å²) in [6.07, 6.45) is 2.73. The highest BCUT2D eigenvalue weighted by molar-refractivity contribution is 5.94. The van der Waals surface area contributed by atoms with Gasteiger partial charge in [-0.1, -0.05) is 6.92 Å². The highest BCUT2D eigenvalue weighted by Gasteiger charge is 2.28. The van der Waals surface area contributed by atoms with Crippen LogP contribution in [-0.2, 0) is 0 Å². The molecule has 4 heteroatoms. The van der Waals surface area contributed by atoms with E-state index in [4.69, 9.17) is 5.73 Å². The molecular weight excluding hydrogens is 226 g/mol. The van der Waals surface area contributed by atoms with Gasteiger partial charge in [0.2, 0.25) is 0 Å². The Kier molecular flexibility index (Phi) is 4.09. The second-order valence-corrected chi connectivity index (χ2v) is 5.69. The maximum Gasteiger partial charge on any atom is 0.270 e. The number of carbonyl (C=O) groups excluding carboxylic acids is 1. The predicted molar refractivity (Wildman–Crippen MR) is 75.7 cm³/mol. The molecule has 102 valence electrons. The molecule has 1 heterocycles. The molecule has 1 aromatic heterocycles. The van der Waals surface area contributed by atoms with E-state index in [1.807, 2.05) is 31.7 Å². The third-order valence-corrected chi connectivity index (χ3v) is 3.72. The molecular formula is C14H25N3O. The van der Waals surface area contributed by atoms with Crippen molar-refractivity contribution in [2.75, 3.05) is 12.8 Å². The first-order valence-corrected chi connectivity index (χ1v) is 6.46. The van der Waals surface area contributed by atoms with Gasteiger partial charge in [0, 0.05) is 24.8 Å². The van der Waals surface area contributed by atoms with Crippen molar-refractivity contribution in [1.82, 2.24) is 9.47 Å². The van der Waals surface area contributed by atoms with Crippen molar-refractivity contribution in [2.45, 2.75) is 52.6 Å². The minimum absolute atomic E-state index is 0.0206. The van der Waals surface area contributed by atoms with Gasteiger partial charge < -0.3 is 15.2 Å². The van der Waals surface area contributed by atoms with Crippen LogP contribution in [0, 0.1) is 0 Å². The number of anilines is 1. The van der Waals surface area contributed by atoms with E-state index >= 15 is 0 Å². The smallest absolute Gasteiger partial charge is 0.270 e. The van der Waals surface area contributed by atoms with Crippen LogP contribution >= 0.6 is 0 Å². The van der Waals surface area contributed by atoms with E-state index in [1.165, 1.54) is 0 Å². The predicted octanol–water partition coefficient (Wildman–Crippen LogP) is 2.91. The largest absolute Gasteiger partial charge is 0.397 e. The number of carbonyl (C=O) groups is 1. The zero-order valence-electron chi connectivity index (χ0n) is 12.3. The lowest BCUT2D eigenvalue weighted by Gasteiger charge is -2.35. The van der Waals surface area contributed by atoms with E-state index in [0.717, 1.165) is 6.42 Å². The first-order valence-electron chi connectivity index (χ1n) is 6.46. The highest BCUT2D eigenvalue weighted by atomic mass is 16.2. The van der Waals surface area contributed by atoms with Gasteiger partial charge in [-0.05, 0) is 40.2 Å². The van der Waals surface area contributed by atoms with Crippen molar-refractivity contribution in [1.29, 1.82) is 0 Å². The summed E-state index contributed by atoms with van der Waals surface area (Å²) in [5.41, 5.74) is 6.94. The van der Waals surface area contributed by atoms with Gasteiger partial charge in [0.15, 0.2) is 0 Å². The van der Waals surface area contributed by atoms with Gasteiger partial charge in [0.05, 0.1) is 5.69 Å². The molecule has 0 aliphatic heterocycles. The molecule has 1 rings (SSSR count). The monoisotopic (exact) mass is 251 g/mol. The molecule has 0 fully saturated rings. The van der Waals surface area contributed by atoms with Crippen LogP contribution < -0.4 is 5.73 Å². The van der Waals surface area contributed by atoms with Crippen LogP contribution in [0.1, 0.15) is 57.6 Å². The van der Waals surface area contributed by atoms with Gasteiger partial charge in [-0.2, -0.15) is 0 Å². The zero-order valence-corrected chi connectivity index (χ0v) is 12.3. The van der Waals surface area contributed by atoms with E-state index in [-0.39, 0.29) is 17.5 Å². The standard InChI is InChI=1S/C14H25N3O/c1-7-14(4,5)16(6)13(18)12-8-11(15)9-17(12)10(2)3/h8-10H,7,15H2,1-6H3. The SMILES string of the molecule is CCC(C)(C)N(C)C(=O)c1cc(N)cn1C(C)C. The molecule has 0 spiro atoms. The minimum Gasteiger partial charge on any atom is -0.397 e. The Morgan fingerprint density at radius 2 is 2.06 bits per heavy atom. The molecule has 1 aromatic rings. The summed E-state index contributed by atoms with van der Waals surface area (Å²) < 4.78 is 1.93. The molecule has 0 saturated heterocycles. The number of nitrogen functional groups attached to an aromatic ring is 1. The molecule has 0 bridgehead atoms. The van der Waals surface area contributed by atoms with Crippen molar-refractivity contribution >= 4 is 11.6 Å². The zero-order chi connectivity index (χ0) is 14.1. The number of amides is 1. The highest BCUT2D eigenvalue weighted by Crippen LogP contribution is 2.23. The quantitative estimate of drug-likeness (QED) is 0.894.